The van der Waals surface area contributed by atoms with Crippen LogP contribution in [0.25, 0.3) is 0 Å². The lowest BCUT2D eigenvalue weighted by molar-refractivity contribution is -0.268. The predicted molar refractivity (Wildman–Crippen MR) is 152 cm³/mol. The molecule has 0 bridgehead atoms. The van der Waals surface area contributed by atoms with Gasteiger partial charge in [-0.25, -0.2) is 0 Å². The molecule has 0 amide bonds. The van der Waals surface area contributed by atoms with Crippen molar-refractivity contribution in [2.75, 3.05) is 13.2 Å². The van der Waals surface area contributed by atoms with Crippen molar-refractivity contribution in [3.63, 3.8) is 0 Å². The molecule has 3 aromatic carbocycles. The second kappa shape index (κ2) is 11.7. The highest BCUT2D eigenvalue weighted by molar-refractivity contribution is 6.99. The van der Waals surface area contributed by atoms with E-state index in [0.717, 1.165) is 5.56 Å². The topological polar surface area (TPSA) is 57.2 Å². The van der Waals surface area contributed by atoms with Crippen molar-refractivity contribution in [3.8, 4) is 0 Å². The summed E-state index contributed by atoms with van der Waals surface area (Å²) < 4.78 is 26.0. The monoisotopic (exact) mass is 530 g/mol. The Morgan fingerprint density at radius 2 is 1.42 bits per heavy atom. The van der Waals surface area contributed by atoms with Crippen molar-refractivity contribution in [1.29, 1.82) is 0 Å². The lowest BCUT2D eigenvalue weighted by Gasteiger charge is -2.45. The highest BCUT2D eigenvalue weighted by Crippen LogP contribution is 2.37. The van der Waals surface area contributed by atoms with Gasteiger partial charge in [-0.05, 0) is 21.8 Å². The largest absolute Gasteiger partial charge is 0.405 e. The fourth-order valence-corrected chi connectivity index (χ4v) is 10.1. The summed E-state index contributed by atoms with van der Waals surface area (Å²) in [4.78, 5) is 0. The molecule has 0 aromatic heterocycles. The SMILES string of the molecule is CC(C)(C)[Si](OC[C@@H]1O[C@@H]2COC(c3ccccc3)O[C@H]2/C=C\C[C@H]1O)(c1ccccc1)c1ccccc1. The molecule has 3 aromatic rings. The molecule has 1 fully saturated rings. The van der Waals surface area contributed by atoms with Gasteiger partial charge >= 0.3 is 0 Å². The first-order valence-electron chi connectivity index (χ1n) is 13.5. The van der Waals surface area contributed by atoms with Crippen LogP contribution < -0.4 is 10.4 Å². The Bertz CT molecular complexity index is 1140. The van der Waals surface area contributed by atoms with Crippen LogP contribution in [0, 0.1) is 0 Å². The van der Waals surface area contributed by atoms with Gasteiger partial charge in [0.25, 0.3) is 8.32 Å². The van der Waals surface area contributed by atoms with Crippen molar-refractivity contribution in [1.82, 2.24) is 0 Å². The first kappa shape index (κ1) is 27.0. The van der Waals surface area contributed by atoms with Gasteiger partial charge in [0.15, 0.2) is 6.29 Å². The Morgan fingerprint density at radius 3 is 2.00 bits per heavy atom. The molecule has 200 valence electrons. The van der Waals surface area contributed by atoms with Crippen LogP contribution >= 0.6 is 0 Å². The van der Waals surface area contributed by atoms with Crippen LogP contribution in [0.5, 0.6) is 0 Å². The highest BCUT2D eigenvalue weighted by atomic mass is 28.4. The molecule has 5 nitrogen and oxygen atoms in total. The van der Waals surface area contributed by atoms with Gasteiger partial charge in [-0.1, -0.05) is 124 Å². The second-order valence-corrected chi connectivity index (χ2v) is 15.4. The zero-order chi connectivity index (χ0) is 26.6. The number of aliphatic hydroxyl groups is 1. The van der Waals surface area contributed by atoms with Crippen molar-refractivity contribution in [2.24, 2.45) is 0 Å². The number of ether oxygens (including phenoxy) is 3. The zero-order valence-electron chi connectivity index (χ0n) is 22.4. The van der Waals surface area contributed by atoms with E-state index >= 15 is 0 Å². The van der Waals surface area contributed by atoms with Crippen LogP contribution in [-0.2, 0) is 18.6 Å². The van der Waals surface area contributed by atoms with Crippen molar-refractivity contribution < 1.29 is 23.7 Å². The van der Waals surface area contributed by atoms with Crippen LogP contribution in [0.15, 0.2) is 103 Å². The summed E-state index contributed by atoms with van der Waals surface area (Å²) in [6, 6.07) is 31.0. The second-order valence-electron chi connectivity index (χ2n) is 11.1. The van der Waals surface area contributed by atoms with E-state index in [0.29, 0.717) is 13.0 Å². The van der Waals surface area contributed by atoms with Crippen LogP contribution in [0.2, 0.25) is 5.04 Å². The number of aliphatic hydroxyl groups excluding tert-OH is 1. The molecule has 5 rings (SSSR count). The Kier molecular flexibility index (Phi) is 8.28. The molecule has 0 saturated carbocycles. The third-order valence-electron chi connectivity index (χ3n) is 7.49. The first-order chi connectivity index (χ1) is 18.4. The van der Waals surface area contributed by atoms with E-state index in [-0.39, 0.29) is 23.9 Å². The van der Waals surface area contributed by atoms with Crippen molar-refractivity contribution in [3.05, 3.63) is 109 Å². The van der Waals surface area contributed by atoms with Gasteiger partial charge in [-0.3, -0.25) is 0 Å². The van der Waals surface area contributed by atoms with E-state index < -0.39 is 26.8 Å². The molecular weight excluding hydrogens is 492 g/mol. The summed E-state index contributed by atoms with van der Waals surface area (Å²) in [5.74, 6) is 0. The molecule has 2 heterocycles. The minimum atomic E-state index is -2.76. The highest BCUT2D eigenvalue weighted by Gasteiger charge is 2.51. The van der Waals surface area contributed by atoms with Gasteiger partial charge in [-0.15, -0.1) is 0 Å². The lowest BCUT2D eigenvalue weighted by atomic mass is 10.0. The van der Waals surface area contributed by atoms with E-state index in [1.165, 1.54) is 10.4 Å². The number of rotatable bonds is 6. The molecule has 1 saturated heterocycles. The van der Waals surface area contributed by atoms with Crippen LogP contribution in [-0.4, -0.2) is 51.1 Å². The average Bonchev–Trinajstić information content (AvgIpc) is 2.93. The van der Waals surface area contributed by atoms with Gasteiger partial charge in [0, 0.05) is 5.56 Å². The molecule has 1 N–H and O–H groups in total. The smallest absolute Gasteiger partial charge is 0.261 e. The summed E-state index contributed by atoms with van der Waals surface area (Å²) in [5, 5.41) is 13.4. The van der Waals surface area contributed by atoms with Crippen molar-refractivity contribution in [2.45, 2.75) is 62.9 Å². The number of benzene rings is 3. The summed E-state index contributed by atoms with van der Waals surface area (Å²) in [6.07, 6.45) is 2.19. The maximum Gasteiger partial charge on any atom is 0.261 e. The fraction of sp³-hybridized carbons (Fsp3) is 0.375. The van der Waals surface area contributed by atoms with Gasteiger partial charge < -0.3 is 23.7 Å². The number of fused-ring (bicyclic) bond motifs is 1. The average molecular weight is 531 g/mol. The molecule has 2 aliphatic heterocycles. The quantitative estimate of drug-likeness (QED) is 0.368. The number of hydrogen-bond donors (Lipinski definition) is 1. The molecule has 6 heteroatoms. The molecule has 0 aliphatic carbocycles. The first-order valence-corrected chi connectivity index (χ1v) is 15.4. The Hall–Kier alpha value is -2.58. The summed E-state index contributed by atoms with van der Waals surface area (Å²) in [6.45, 7) is 7.39. The van der Waals surface area contributed by atoms with E-state index in [1.807, 2.05) is 54.6 Å². The Balaban J connectivity index is 1.40. The van der Waals surface area contributed by atoms with E-state index in [1.54, 1.807) is 0 Å². The van der Waals surface area contributed by atoms with Crippen molar-refractivity contribution >= 4 is 18.7 Å². The molecule has 0 spiro atoms. The van der Waals surface area contributed by atoms with E-state index in [2.05, 4.69) is 69.3 Å². The fourth-order valence-electron chi connectivity index (χ4n) is 5.56. The summed E-state index contributed by atoms with van der Waals surface area (Å²) >= 11 is 0. The minimum absolute atomic E-state index is 0.162. The minimum Gasteiger partial charge on any atom is -0.405 e. The normalized spacial score (nSPS) is 27.1. The molecule has 38 heavy (non-hydrogen) atoms. The van der Waals surface area contributed by atoms with Gasteiger partial charge in [-0.2, -0.15) is 0 Å². The summed E-state index contributed by atoms with van der Waals surface area (Å²) in [7, 11) is -2.76. The standard InChI is InChI=1S/C32H38O5Si/c1-32(2,3)38(25-16-9-5-10-17-25,26-18-11-6-12-19-26)35-23-29-27(33)20-13-21-28-30(36-29)22-34-31(37-28)24-14-7-4-8-15-24/h4-19,21,27-31,33H,20,22-23H2,1-3H3/b21-13-/t27-,28+,29+,30-,31?/m1/s1. The zero-order valence-corrected chi connectivity index (χ0v) is 23.4. The van der Waals surface area contributed by atoms with Crippen LogP contribution in [0.4, 0.5) is 0 Å². The lowest BCUT2D eigenvalue weighted by Crippen LogP contribution is -2.67. The van der Waals surface area contributed by atoms with E-state index in [4.69, 9.17) is 18.6 Å². The summed E-state index contributed by atoms with van der Waals surface area (Å²) in [5.41, 5.74) is 0.980. The van der Waals surface area contributed by atoms with Gasteiger partial charge in [0.2, 0.25) is 0 Å². The molecule has 2 aliphatic rings. The van der Waals surface area contributed by atoms with Gasteiger partial charge in [0.1, 0.15) is 18.3 Å². The number of hydrogen-bond acceptors (Lipinski definition) is 5. The molecular formula is C32H38O5Si. The third kappa shape index (κ3) is 5.57. The van der Waals surface area contributed by atoms with Gasteiger partial charge in [0.05, 0.1) is 19.3 Å². The maximum atomic E-state index is 11.1. The third-order valence-corrected chi connectivity index (χ3v) is 12.5. The molecule has 5 atom stereocenters. The Labute approximate surface area is 227 Å². The van der Waals surface area contributed by atoms with Crippen LogP contribution in [0.1, 0.15) is 39.0 Å². The van der Waals surface area contributed by atoms with Crippen LogP contribution in [0.3, 0.4) is 0 Å². The molecule has 0 radical (unpaired) electrons. The Morgan fingerprint density at radius 1 is 0.842 bits per heavy atom. The maximum absolute atomic E-state index is 11.1. The molecule has 1 unspecified atom stereocenters. The predicted octanol–water partition coefficient (Wildman–Crippen LogP) is 4.75. The van der Waals surface area contributed by atoms with E-state index in [9.17, 15) is 5.11 Å².